The first-order valence-electron chi connectivity index (χ1n) is 6.81. The molecule has 0 radical (unpaired) electrons. The van der Waals surface area contributed by atoms with Crippen LogP contribution in [-0.2, 0) is 0 Å². The van der Waals surface area contributed by atoms with Gasteiger partial charge < -0.3 is 10.2 Å². The molecule has 2 aromatic carbocycles. The molecule has 0 aliphatic carbocycles. The lowest BCUT2D eigenvalue weighted by Gasteiger charge is -2.10. The number of hydrogen-bond donors (Lipinski definition) is 1. The van der Waals surface area contributed by atoms with E-state index < -0.39 is 0 Å². The molecule has 0 aliphatic rings. The van der Waals surface area contributed by atoms with Gasteiger partial charge in [-0.05, 0) is 36.6 Å². The van der Waals surface area contributed by atoms with Crippen molar-refractivity contribution in [2.75, 3.05) is 6.54 Å². The van der Waals surface area contributed by atoms with E-state index in [0.29, 0.717) is 12.4 Å². The van der Waals surface area contributed by atoms with Gasteiger partial charge in [0.15, 0.2) is 5.58 Å². The third-order valence-electron chi connectivity index (χ3n) is 3.57. The molecule has 2 N–H and O–H groups in total. The molecule has 20 heavy (non-hydrogen) atoms. The van der Waals surface area contributed by atoms with Gasteiger partial charge in [-0.15, -0.1) is 0 Å². The van der Waals surface area contributed by atoms with Crippen LogP contribution in [0.3, 0.4) is 0 Å². The zero-order valence-corrected chi connectivity index (χ0v) is 11.8. The van der Waals surface area contributed by atoms with E-state index in [4.69, 9.17) is 10.2 Å². The third kappa shape index (κ3) is 2.21. The zero-order chi connectivity index (χ0) is 14.1. The number of nitrogens with zero attached hydrogens (tertiary/aromatic N) is 1. The molecular weight excluding hydrogens is 248 g/mol. The maximum atomic E-state index is 5.97. The van der Waals surface area contributed by atoms with Crippen LogP contribution in [0.2, 0.25) is 0 Å². The molecule has 1 atom stereocenters. The van der Waals surface area contributed by atoms with Crippen molar-refractivity contribution in [1.82, 2.24) is 4.98 Å². The average Bonchev–Trinajstić information content (AvgIpc) is 2.84. The largest absolute Gasteiger partial charge is 0.440 e. The standard InChI is InChI=1S/C17H18N2O/c1-11-8-12(2)16-15(9-11)19-17(20-16)14(10-18)13-6-4-3-5-7-13/h3-9,14H,10,18H2,1-2H3. The van der Waals surface area contributed by atoms with Crippen molar-refractivity contribution in [2.24, 2.45) is 5.73 Å². The second-order valence-corrected chi connectivity index (χ2v) is 5.18. The number of oxazole rings is 1. The lowest BCUT2D eigenvalue weighted by Crippen LogP contribution is -2.14. The first kappa shape index (κ1) is 12.9. The number of benzene rings is 2. The van der Waals surface area contributed by atoms with Crippen molar-refractivity contribution in [3.05, 3.63) is 65.0 Å². The van der Waals surface area contributed by atoms with Gasteiger partial charge >= 0.3 is 0 Å². The highest BCUT2D eigenvalue weighted by molar-refractivity contribution is 5.77. The summed E-state index contributed by atoms with van der Waals surface area (Å²) in [4.78, 5) is 4.64. The second kappa shape index (κ2) is 5.10. The van der Waals surface area contributed by atoms with Crippen molar-refractivity contribution >= 4 is 11.1 Å². The summed E-state index contributed by atoms with van der Waals surface area (Å²) in [5, 5.41) is 0. The highest BCUT2D eigenvalue weighted by Gasteiger charge is 2.19. The van der Waals surface area contributed by atoms with Crippen molar-refractivity contribution in [3.63, 3.8) is 0 Å². The number of aromatic nitrogens is 1. The molecule has 0 aliphatic heterocycles. The molecule has 3 rings (SSSR count). The Morgan fingerprint density at radius 2 is 1.90 bits per heavy atom. The SMILES string of the molecule is Cc1cc(C)c2oc(C(CN)c3ccccc3)nc2c1. The number of hydrogen-bond acceptors (Lipinski definition) is 3. The molecule has 3 nitrogen and oxygen atoms in total. The van der Waals surface area contributed by atoms with Crippen molar-refractivity contribution in [2.45, 2.75) is 19.8 Å². The predicted octanol–water partition coefficient (Wildman–Crippen LogP) is 3.54. The fourth-order valence-corrected chi connectivity index (χ4v) is 2.61. The van der Waals surface area contributed by atoms with E-state index in [1.54, 1.807) is 0 Å². The number of rotatable bonds is 3. The summed E-state index contributed by atoms with van der Waals surface area (Å²) in [5.41, 5.74) is 11.1. The molecular formula is C17H18N2O. The molecule has 0 fully saturated rings. The quantitative estimate of drug-likeness (QED) is 0.789. The second-order valence-electron chi connectivity index (χ2n) is 5.18. The Labute approximate surface area is 118 Å². The molecule has 0 saturated heterocycles. The van der Waals surface area contributed by atoms with Crippen LogP contribution in [0.4, 0.5) is 0 Å². The predicted molar refractivity (Wildman–Crippen MR) is 80.8 cm³/mol. The maximum Gasteiger partial charge on any atom is 0.204 e. The highest BCUT2D eigenvalue weighted by atomic mass is 16.3. The molecule has 1 heterocycles. The molecule has 3 heteroatoms. The summed E-state index contributed by atoms with van der Waals surface area (Å²) < 4.78 is 5.97. The summed E-state index contributed by atoms with van der Waals surface area (Å²) in [6.07, 6.45) is 0. The molecule has 1 aromatic heterocycles. The topological polar surface area (TPSA) is 52.0 Å². The van der Waals surface area contributed by atoms with E-state index in [0.717, 1.165) is 22.2 Å². The van der Waals surface area contributed by atoms with E-state index in [2.05, 4.69) is 30.1 Å². The normalized spacial score (nSPS) is 12.8. The van der Waals surface area contributed by atoms with Crippen LogP contribution in [0.5, 0.6) is 0 Å². The molecule has 0 bridgehead atoms. The molecule has 1 unspecified atom stereocenters. The first-order chi connectivity index (χ1) is 9.69. The molecule has 0 saturated carbocycles. The van der Waals surface area contributed by atoms with Crippen LogP contribution in [0, 0.1) is 13.8 Å². The van der Waals surface area contributed by atoms with Gasteiger partial charge in [0.1, 0.15) is 5.52 Å². The minimum Gasteiger partial charge on any atom is -0.440 e. The van der Waals surface area contributed by atoms with Gasteiger partial charge in [0.25, 0.3) is 0 Å². The smallest absolute Gasteiger partial charge is 0.204 e. The van der Waals surface area contributed by atoms with E-state index >= 15 is 0 Å². The first-order valence-corrected chi connectivity index (χ1v) is 6.81. The van der Waals surface area contributed by atoms with Crippen LogP contribution in [0.1, 0.15) is 28.5 Å². The van der Waals surface area contributed by atoms with E-state index in [1.165, 1.54) is 5.56 Å². The molecule has 0 amide bonds. The van der Waals surface area contributed by atoms with Crippen molar-refractivity contribution in [3.8, 4) is 0 Å². The summed E-state index contributed by atoms with van der Waals surface area (Å²) in [5.74, 6) is 0.700. The molecule has 102 valence electrons. The summed E-state index contributed by atoms with van der Waals surface area (Å²) in [6.45, 7) is 4.59. The highest BCUT2D eigenvalue weighted by Crippen LogP contribution is 2.28. The Morgan fingerprint density at radius 1 is 1.15 bits per heavy atom. The van der Waals surface area contributed by atoms with Gasteiger partial charge in [0, 0.05) is 6.54 Å². The van der Waals surface area contributed by atoms with Gasteiger partial charge in [-0.1, -0.05) is 36.4 Å². The van der Waals surface area contributed by atoms with Crippen LogP contribution >= 0.6 is 0 Å². The van der Waals surface area contributed by atoms with Gasteiger partial charge in [-0.25, -0.2) is 4.98 Å². The van der Waals surface area contributed by atoms with Gasteiger partial charge in [-0.2, -0.15) is 0 Å². The Balaban J connectivity index is 2.11. The van der Waals surface area contributed by atoms with Crippen LogP contribution < -0.4 is 5.73 Å². The van der Waals surface area contributed by atoms with Crippen molar-refractivity contribution in [1.29, 1.82) is 0 Å². The lowest BCUT2D eigenvalue weighted by atomic mass is 9.99. The Bertz CT molecular complexity index is 731. The summed E-state index contributed by atoms with van der Waals surface area (Å²) in [6, 6.07) is 14.3. The average molecular weight is 266 g/mol. The number of aryl methyl sites for hydroxylation is 2. The minimum absolute atomic E-state index is 0.00306. The van der Waals surface area contributed by atoms with Crippen LogP contribution in [0.25, 0.3) is 11.1 Å². The fourth-order valence-electron chi connectivity index (χ4n) is 2.61. The fraction of sp³-hybridized carbons (Fsp3) is 0.235. The van der Waals surface area contributed by atoms with E-state index in [-0.39, 0.29) is 5.92 Å². The van der Waals surface area contributed by atoms with E-state index in [1.807, 2.05) is 31.2 Å². The summed E-state index contributed by atoms with van der Waals surface area (Å²) in [7, 11) is 0. The monoisotopic (exact) mass is 266 g/mol. The minimum atomic E-state index is 0.00306. The van der Waals surface area contributed by atoms with Gasteiger partial charge in [0.05, 0.1) is 5.92 Å². The molecule has 0 spiro atoms. The number of fused-ring (bicyclic) bond motifs is 1. The lowest BCUT2D eigenvalue weighted by molar-refractivity contribution is 0.501. The Kier molecular flexibility index (Phi) is 3.28. The summed E-state index contributed by atoms with van der Waals surface area (Å²) >= 11 is 0. The number of nitrogens with two attached hydrogens (primary N) is 1. The zero-order valence-electron chi connectivity index (χ0n) is 11.8. The molecule has 3 aromatic rings. The van der Waals surface area contributed by atoms with Gasteiger partial charge in [0.2, 0.25) is 5.89 Å². The maximum absolute atomic E-state index is 5.97. The third-order valence-corrected chi connectivity index (χ3v) is 3.57. The Morgan fingerprint density at radius 3 is 2.60 bits per heavy atom. The van der Waals surface area contributed by atoms with Crippen molar-refractivity contribution < 1.29 is 4.42 Å². The van der Waals surface area contributed by atoms with E-state index in [9.17, 15) is 0 Å². The van der Waals surface area contributed by atoms with Crippen LogP contribution in [-0.4, -0.2) is 11.5 Å². The van der Waals surface area contributed by atoms with Gasteiger partial charge in [-0.3, -0.25) is 0 Å². The Hall–Kier alpha value is -2.13. The van der Waals surface area contributed by atoms with Crippen LogP contribution in [0.15, 0.2) is 46.9 Å².